The van der Waals surface area contributed by atoms with E-state index in [0.717, 1.165) is 0 Å². The van der Waals surface area contributed by atoms with Crippen molar-refractivity contribution in [2.75, 3.05) is 0 Å². The van der Waals surface area contributed by atoms with E-state index in [9.17, 15) is 0 Å². The molecular weight excluding hydrogens is 659 g/mol. The van der Waals surface area contributed by atoms with E-state index in [1.54, 1.807) is 0 Å². The van der Waals surface area contributed by atoms with E-state index < -0.39 is 0 Å². The number of halogens is 2. The largest absolute Gasteiger partial charge is 3.00 e. The van der Waals surface area contributed by atoms with E-state index in [1.807, 2.05) is 0 Å². The molecule has 231 valence electrons. The molecule has 0 nitrogen and oxygen atoms in total. The molecule has 0 aliphatic rings. The van der Waals surface area contributed by atoms with Crippen LogP contribution in [0.25, 0.3) is 32.7 Å². The van der Waals surface area contributed by atoms with E-state index in [2.05, 4.69) is 140 Å². The molecule has 0 spiro atoms. The Hall–Kier alpha value is -1.44. The van der Waals surface area contributed by atoms with Crippen LogP contribution in [0.4, 0.5) is 0 Å². The quantitative estimate of drug-likeness (QED) is 0.0934. The molecule has 5 radical (unpaired) electrons. The van der Waals surface area contributed by atoms with Crippen molar-refractivity contribution in [2.24, 2.45) is 0 Å². The third-order valence-electron chi connectivity index (χ3n) is 7.25. The number of hydrogen-bond donors (Lipinski definition) is 0. The van der Waals surface area contributed by atoms with Gasteiger partial charge in [-0.15, -0.1) is 87.8 Å². The van der Waals surface area contributed by atoms with Gasteiger partial charge >= 0.3 is 26.2 Å². The number of unbranched alkanes of at least 4 members (excludes halogenated alkanes) is 3. The summed E-state index contributed by atoms with van der Waals surface area (Å²) in [6.45, 7) is 17.9. The molecule has 0 fully saturated rings. The molecule has 0 aliphatic heterocycles. The fraction of sp³-hybridized carbons (Fsp3) is 0.359. The molecule has 5 aromatic rings. The summed E-state index contributed by atoms with van der Waals surface area (Å²) in [5, 5.41) is 5.54. The summed E-state index contributed by atoms with van der Waals surface area (Å²) in [6, 6.07) is 30.9. The molecule has 0 N–H and O–H groups in total. The van der Waals surface area contributed by atoms with Gasteiger partial charge in [-0.2, -0.15) is 12.1 Å². The molecule has 0 heterocycles. The summed E-state index contributed by atoms with van der Waals surface area (Å²) in [5.41, 5.74) is 8.28. The topological polar surface area (TPSA) is 0 Å². The molecule has 0 aliphatic carbocycles. The van der Waals surface area contributed by atoms with Crippen molar-refractivity contribution in [3.63, 3.8) is 0 Å². The molecular formula is C39H53Cl2SiZr. The molecule has 0 bridgehead atoms. The van der Waals surface area contributed by atoms with Crippen LogP contribution < -0.4 is 0 Å². The summed E-state index contributed by atoms with van der Waals surface area (Å²) in [5.74, 6) is 1.21. The van der Waals surface area contributed by atoms with Gasteiger partial charge in [0.2, 0.25) is 0 Å². The van der Waals surface area contributed by atoms with Crippen molar-refractivity contribution >= 4 is 57.3 Å². The predicted molar refractivity (Wildman–Crippen MR) is 199 cm³/mol. The minimum atomic E-state index is 0. The predicted octanol–water partition coefficient (Wildman–Crippen LogP) is 13.1. The summed E-state index contributed by atoms with van der Waals surface area (Å²) >= 11 is 0. The Morgan fingerprint density at radius 2 is 1.16 bits per heavy atom. The minimum absolute atomic E-state index is 0. The minimum Gasteiger partial charge on any atom is -0.358 e. The molecule has 5 rings (SSSR count). The van der Waals surface area contributed by atoms with Crippen LogP contribution in [0.15, 0.2) is 84.9 Å². The van der Waals surface area contributed by atoms with Gasteiger partial charge in [0, 0.05) is 11.0 Å². The van der Waals surface area contributed by atoms with Crippen molar-refractivity contribution < 1.29 is 26.2 Å². The van der Waals surface area contributed by atoms with Crippen molar-refractivity contribution in [1.82, 2.24) is 0 Å². The molecule has 0 unspecified atom stereocenters. The van der Waals surface area contributed by atoms with E-state index in [-0.39, 0.29) is 69.4 Å². The third-order valence-corrected chi connectivity index (χ3v) is 7.25. The van der Waals surface area contributed by atoms with Gasteiger partial charge in [-0.25, -0.2) is 0 Å². The van der Waals surface area contributed by atoms with Crippen LogP contribution in [0.5, 0.6) is 0 Å². The second-order valence-corrected chi connectivity index (χ2v) is 11.4. The second-order valence-electron chi connectivity index (χ2n) is 11.4. The van der Waals surface area contributed by atoms with Gasteiger partial charge in [0.05, 0.1) is 0 Å². The fourth-order valence-corrected chi connectivity index (χ4v) is 5.09. The van der Waals surface area contributed by atoms with Crippen LogP contribution in [0.2, 0.25) is 0 Å². The molecule has 0 saturated carbocycles. The Bertz CT molecular complexity index is 1410. The maximum Gasteiger partial charge on any atom is 3.00 e. The summed E-state index contributed by atoms with van der Waals surface area (Å²) in [4.78, 5) is 0. The van der Waals surface area contributed by atoms with Gasteiger partial charge in [-0.1, -0.05) is 140 Å². The molecule has 5 aromatic carbocycles. The normalized spacial score (nSPS) is 9.72. The van der Waals surface area contributed by atoms with E-state index in [1.165, 1.54) is 80.6 Å². The Kier molecular flexibility index (Phi) is 24.6. The van der Waals surface area contributed by atoms with Gasteiger partial charge in [-0.3, -0.25) is 0 Å². The smallest absolute Gasteiger partial charge is 0.358 e. The SMILES string of the molecule is CCCCCC.Cc1cc2c(-c3ccccc3)cccc2[cH-]1.Cc1cc2c(C(C)C)cc(C(C)C)cc2[cH-]1.Cl.Cl.[CH3-].[Si].[Zr+3]. The Balaban J connectivity index is -0.000000573. The van der Waals surface area contributed by atoms with Crippen LogP contribution in [0, 0.1) is 21.3 Å². The zero-order chi connectivity index (χ0) is 27.7. The van der Waals surface area contributed by atoms with Crippen LogP contribution in [0.1, 0.15) is 101 Å². The van der Waals surface area contributed by atoms with E-state index in [0.29, 0.717) is 11.8 Å². The Morgan fingerprint density at radius 1 is 0.628 bits per heavy atom. The van der Waals surface area contributed by atoms with Gasteiger partial charge in [0.15, 0.2) is 0 Å². The first-order chi connectivity index (χ1) is 18.2. The first kappa shape index (κ1) is 46.0. The average molecular weight is 712 g/mol. The Labute approximate surface area is 300 Å². The van der Waals surface area contributed by atoms with Crippen LogP contribution in [-0.4, -0.2) is 11.0 Å². The van der Waals surface area contributed by atoms with E-state index in [4.69, 9.17) is 0 Å². The van der Waals surface area contributed by atoms with Crippen LogP contribution >= 0.6 is 24.8 Å². The Morgan fingerprint density at radius 3 is 1.67 bits per heavy atom. The van der Waals surface area contributed by atoms with Gasteiger partial charge in [-0.05, 0) is 17.4 Å². The van der Waals surface area contributed by atoms with E-state index >= 15 is 0 Å². The number of benzene rings is 3. The number of hydrogen-bond acceptors (Lipinski definition) is 0. The molecule has 43 heavy (non-hydrogen) atoms. The zero-order valence-corrected chi connectivity index (χ0v) is 33.0. The third kappa shape index (κ3) is 13.2. The van der Waals surface area contributed by atoms with Crippen molar-refractivity contribution in [3.8, 4) is 11.1 Å². The summed E-state index contributed by atoms with van der Waals surface area (Å²) in [7, 11) is 0. The first-order valence-electron chi connectivity index (χ1n) is 14.7. The van der Waals surface area contributed by atoms with Crippen molar-refractivity contribution in [1.29, 1.82) is 0 Å². The molecule has 0 aromatic heterocycles. The molecule has 0 amide bonds. The second kappa shape index (κ2) is 23.0. The van der Waals surface area contributed by atoms with Gasteiger partial charge in [0.1, 0.15) is 0 Å². The maximum absolute atomic E-state index is 2.39. The van der Waals surface area contributed by atoms with Crippen LogP contribution in [0.3, 0.4) is 0 Å². The van der Waals surface area contributed by atoms with Crippen LogP contribution in [-0.2, 0) is 26.2 Å². The molecule has 0 saturated heterocycles. The average Bonchev–Trinajstić information content (AvgIpc) is 3.48. The van der Waals surface area contributed by atoms with Gasteiger partial charge in [0.25, 0.3) is 0 Å². The first-order valence-corrected chi connectivity index (χ1v) is 14.7. The number of aryl methyl sites for hydroxylation is 2. The van der Waals surface area contributed by atoms with Gasteiger partial charge < -0.3 is 7.43 Å². The zero-order valence-electron chi connectivity index (χ0n) is 27.9. The monoisotopic (exact) mass is 709 g/mol. The fourth-order valence-electron chi connectivity index (χ4n) is 5.09. The summed E-state index contributed by atoms with van der Waals surface area (Å²) < 4.78 is 0. The van der Waals surface area contributed by atoms with Crippen molar-refractivity contribution in [2.45, 2.75) is 92.9 Å². The van der Waals surface area contributed by atoms with Crippen molar-refractivity contribution in [3.05, 3.63) is 115 Å². The maximum atomic E-state index is 2.39. The number of fused-ring (bicyclic) bond motifs is 2. The molecule has 4 heteroatoms. The standard InChI is InChI=1S/C16H13.C16H21.C6H14.CH3.2ClH.Si.Zr/c1-12-10-14-8-5-9-15(16(14)11-12)13-6-3-2-4-7-13;1-10(2)13-8-14-6-12(5)7-16(14)15(9-13)11(3)4;1-3-5-6-4-2;;;;;/h2-11H,1H3;6-11H,1-5H3;3-6H2,1-2H3;1H3;2*1H;;/q2*-1;;-1;;;;+3. The molecule has 0 atom stereocenters. The summed E-state index contributed by atoms with van der Waals surface area (Å²) in [6.07, 6.45) is 5.54. The number of rotatable bonds is 6.